The summed E-state index contributed by atoms with van der Waals surface area (Å²) in [4.78, 5) is 68.2. The van der Waals surface area contributed by atoms with E-state index in [1.54, 1.807) is 72.4 Å². The molecule has 2 fully saturated rings. The lowest BCUT2D eigenvalue weighted by atomic mass is 10.0. The molecule has 4 aromatic carbocycles. The summed E-state index contributed by atoms with van der Waals surface area (Å²) in [6.07, 6.45) is -4.04. The van der Waals surface area contributed by atoms with Crippen LogP contribution in [0.1, 0.15) is 72.4 Å². The molecule has 5 aromatic rings. The second kappa shape index (κ2) is 28.4. The van der Waals surface area contributed by atoms with E-state index in [0.717, 1.165) is 39.5 Å². The van der Waals surface area contributed by atoms with Gasteiger partial charge in [-0.25, -0.2) is 4.98 Å². The number of carbonyl (C=O) groups excluding carboxylic acids is 4. The summed E-state index contributed by atoms with van der Waals surface area (Å²) in [5.74, 6) is -0.779. The molecule has 2 saturated heterocycles. The minimum Gasteiger partial charge on any atom is -0.491 e. The Bertz CT molecular complexity index is 3170. The van der Waals surface area contributed by atoms with E-state index >= 15 is 0 Å². The molecule has 0 aliphatic carbocycles. The van der Waals surface area contributed by atoms with Crippen molar-refractivity contribution in [1.82, 2.24) is 25.1 Å². The van der Waals surface area contributed by atoms with Crippen molar-refractivity contribution in [3.05, 3.63) is 125 Å². The lowest BCUT2D eigenvalue weighted by Crippen LogP contribution is -2.55. The van der Waals surface area contributed by atoms with Crippen LogP contribution in [0.25, 0.3) is 11.3 Å². The van der Waals surface area contributed by atoms with Gasteiger partial charge in [0.25, 0.3) is 11.8 Å². The number of nitrogens with zero attached hydrogens (tertiary/aromatic N) is 6. The van der Waals surface area contributed by atoms with Crippen LogP contribution < -0.4 is 24.6 Å². The van der Waals surface area contributed by atoms with Gasteiger partial charge in [0, 0.05) is 54.1 Å². The number of benzene rings is 4. The quantitative estimate of drug-likeness (QED) is 0.0324. The van der Waals surface area contributed by atoms with Crippen molar-refractivity contribution in [2.45, 2.75) is 84.0 Å². The molecule has 0 spiro atoms. The molecule has 84 heavy (non-hydrogen) atoms. The van der Waals surface area contributed by atoms with Crippen LogP contribution in [-0.4, -0.2) is 163 Å². The average Bonchev–Trinajstić information content (AvgIpc) is 3.36. The van der Waals surface area contributed by atoms with Crippen molar-refractivity contribution in [3.8, 4) is 28.8 Å². The van der Waals surface area contributed by atoms with Crippen LogP contribution in [0.15, 0.2) is 91.3 Å². The van der Waals surface area contributed by atoms with E-state index in [1.165, 1.54) is 11.0 Å². The number of thiocarbonyl (C=S) groups is 1. The van der Waals surface area contributed by atoms with Crippen molar-refractivity contribution in [1.29, 1.82) is 5.26 Å². The van der Waals surface area contributed by atoms with Gasteiger partial charge in [0.1, 0.15) is 42.3 Å². The second-order valence-electron chi connectivity index (χ2n) is 21.0. The zero-order chi connectivity index (χ0) is 60.1. The molecule has 4 amide bonds. The third-order valence-corrected chi connectivity index (χ3v) is 14.8. The first-order valence-corrected chi connectivity index (χ1v) is 28.0. The van der Waals surface area contributed by atoms with E-state index in [-0.39, 0.29) is 81.0 Å². The lowest BCUT2D eigenvalue weighted by Gasteiger charge is -2.35. The number of carbonyl (C=O) groups is 4. The normalized spacial score (nSPS) is 17.1. The van der Waals surface area contributed by atoms with Crippen LogP contribution in [0.2, 0.25) is 0 Å². The fourth-order valence-electron chi connectivity index (χ4n) is 10.2. The molecular formula is C60H69F3N8O12S. The Morgan fingerprint density at radius 3 is 2.04 bits per heavy atom. The van der Waals surface area contributed by atoms with Gasteiger partial charge in [-0.05, 0) is 99.1 Å². The SMILES string of the molecule is Cc1[nH]cnc1-c1ccc(CNC(=O)[C@@H]2C[C@@H](O)CN2C(=O)[C@H](C(C)C)N2Cc3ccccc3C2=O)c(OCCOCCOCCOCCOCCOCCOc2ccc(N3C(=S)N(c4ccc(C#N)c(C(F)(F)F)c4)C(=O)C3(C)C)cc2)c1. The number of H-pyrrole nitrogens is 1. The molecule has 20 nitrogen and oxygen atoms in total. The number of β-amino-alcohol motifs (C(OH)–C–C–N with tert-alkyl or cyclic N) is 1. The minimum absolute atomic E-state index is 0.0105. The number of anilines is 2. The summed E-state index contributed by atoms with van der Waals surface area (Å²) >= 11 is 5.62. The van der Waals surface area contributed by atoms with E-state index in [9.17, 15) is 42.7 Å². The highest BCUT2D eigenvalue weighted by Gasteiger charge is 2.51. The van der Waals surface area contributed by atoms with Crippen LogP contribution in [0.3, 0.4) is 0 Å². The zero-order valence-corrected chi connectivity index (χ0v) is 48.3. The summed E-state index contributed by atoms with van der Waals surface area (Å²) < 4.78 is 81.4. The van der Waals surface area contributed by atoms with Gasteiger partial charge in [0.15, 0.2) is 5.11 Å². The Balaban J connectivity index is 0.676. The molecule has 1 aromatic heterocycles. The van der Waals surface area contributed by atoms with Crippen molar-refractivity contribution in [3.63, 3.8) is 0 Å². The Morgan fingerprint density at radius 2 is 1.45 bits per heavy atom. The van der Waals surface area contributed by atoms with Crippen LogP contribution in [-0.2, 0) is 57.3 Å². The first-order chi connectivity index (χ1) is 40.3. The maximum Gasteiger partial charge on any atom is 0.417 e. The maximum atomic E-state index is 14.2. The number of nitrogens with one attached hydrogen (secondary N) is 2. The van der Waals surface area contributed by atoms with E-state index in [4.69, 9.17) is 45.4 Å². The number of alkyl halides is 3. The van der Waals surface area contributed by atoms with E-state index in [1.807, 2.05) is 51.1 Å². The maximum absolute atomic E-state index is 14.2. The van der Waals surface area contributed by atoms with E-state index < -0.39 is 52.8 Å². The Kier molecular flexibility index (Phi) is 21.1. The number of hydrogen-bond donors (Lipinski definition) is 3. The number of fused-ring (bicyclic) bond motifs is 1. The van der Waals surface area contributed by atoms with Gasteiger partial charge in [0.05, 0.1) is 107 Å². The predicted octanol–water partition coefficient (Wildman–Crippen LogP) is 6.99. The smallest absolute Gasteiger partial charge is 0.417 e. The van der Waals surface area contributed by atoms with Crippen molar-refractivity contribution in [2.24, 2.45) is 5.92 Å². The van der Waals surface area contributed by atoms with E-state index in [2.05, 4.69) is 15.3 Å². The van der Waals surface area contributed by atoms with Gasteiger partial charge in [0.2, 0.25) is 11.8 Å². The fraction of sp³-hybridized carbons (Fsp3) is 0.450. The molecule has 0 bridgehead atoms. The van der Waals surface area contributed by atoms with Crippen LogP contribution in [0.4, 0.5) is 24.5 Å². The Hall–Kier alpha value is -7.50. The number of halogens is 3. The number of nitriles is 1. The van der Waals surface area contributed by atoms with Crippen LogP contribution in [0.5, 0.6) is 11.5 Å². The van der Waals surface area contributed by atoms with Crippen molar-refractivity contribution in [2.75, 3.05) is 95.6 Å². The van der Waals surface area contributed by atoms with Gasteiger partial charge in [-0.15, -0.1) is 0 Å². The fourth-order valence-corrected chi connectivity index (χ4v) is 10.8. The number of imidazole rings is 1. The molecular weight excluding hydrogens is 1110 g/mol. The highest BCUT2D eigenvalue weighted by Crippen LogP contribution is 2.40. The summed E-state index contributed by atoms with van der Waals surface area (Å²) in [5, 5.41) is 22.9. The monoisotopic (exact) mass is 1180 g/mol. The molecule has 448 valence electrons. The molecule has 0 saturated carbocycles. The van der Waals surface area contributed by atoms with E-state index in [0.29, 0.717) is 81.2 Å². The number of aryl methyl sites for hydroxylation is 1. The number of aliphatic hydroxyl groups is 1. The highest BCUT2D eigenvalue weighted by atomic mass is 32.1. The van der Waals surface area contributed by atoms with Gasteiger partial charge in [-0.1, -0.05) is 44.2 Å². The number of aromatic amines is 1. The molecule has 4 heterocycles. The summed E-state index contributed by atoms with van der Waals surface area (Å²) in [6, 6.07) is 22.5. The number of aliphatic hydroxyl groups excluding tert-OH is 1. The van der Waals surface area contributed by atoms with Gasteiger partial charge in [-0.3, -0.25) is 24.1 Å². The van der Waals surface area contributed by atoms with Gasteiger partial charge in [-0.2, -0.15) is 18.4 Å². The predicted molar refractivity (Wildman–Crippen MR) is 306 cm³/mol. The third-order valence-electron chi connectivity index (χ3n) is 14.5. The topological polar surface area (TPSA) is 231 Å². The Morgan fingerprint density at radius 1 is 0.845 bits per heavy atom. The van der Waals surface area contributed by atoms with Crippen LogP contribution >= 0.6 is 12.2 Å². The summed E-state index contributed by atoms with van der Waals surface area (Å²) in [5.41, 5.74) is 2.01. The first kappa shape index (κ1) is 62.5. The molecule has 3 atom stereocenters. The molecule has 3 aliphatic rings. The molecule has 3 aliphatic heterocycles. The number of likely N-dealkylation sites (tertiary alicyclic amines) is 1. The molecule has 24 heteroatoms. The highest BCUT2D eigenvalue weighted by molar-refractivity contribution is 7.81. The average molecular weight is 1180 g/mol. The zero-order valence-electron chi connectivity index (χ0n) is 47.4. The first-order valence-electron chi connectivity index (χ1n) is 27.6. The number of rotatable bonds is 29. The second-order valence-corrected chi connectivity index (χ2v) is 21.4. The summed E-state index contributed by atoms with van der Waals surface area (Å²) in [6.45, 7) is 13.0. The third kappa shape index (κ3) is 14.9. The number of ether oxygens (including phenoxy) is 7. The minimum atomic E-state index is -4.80. The van der Waals surface area contributed by atoms with Gasteiger partial charge < -0.3 is 63.3 Å². The molecule has 8 rings (SSSR count). The van der Waals surface area contributed by atoms with Crippen molar-refractivity contribution < 1.29 is 70.6 Å². The standard InChI is InChI=1S/C60H69F3N8O12S/c1-38(2)53(69-35-43-8-6-7-9-48(43)55(69)74)56(75)68-36-46(72)32-50(68)54(73)65-34-42-11-10-40(52-39(3)66-37-67-52)30-51(42)83-29-27-81-25-23-79-21-19-77-18-20-78-22-24-80-26-28-82-47-16-14-44(15-17-47)71-58(84)70(57(76)59(71,4)5)45-13-12-41(33-64)49(31-45)60(61,62)63/h6-17,30-31,37-38,46,50,53,72H,18-29,32,34-36H2,1-5H3,(H,65,73)(H,66,67)/t46-,50+,53+/m1/s1. The van der Waals surface area contributed by atoms with Crippen molar-refractivity contribution >= 4 is 52.3 Å². The molecule has 0 radical (unpaired) electrons. The molecule has 0 unspecified atom stereocenters. The number of hydrogen-bond acceptors (Lipinski definition) is 15. The van der Waals surface area contributed by atoms with Crippen LogP contribution in [0, 0.1) is 24.2 Å². The summed E-state index contributed by atoms with van der Waals surface area (Å²) in [7, 11) is 0. The lowest BCUT2D eigenvalue weighted by molar-refractivity contribution is -0.143. The molecule has 3 N–H and O–H groups in total. The Labute approximate surface area is 490 Å². The number of aromatic nitrogens is 2. The largest absolute Gasteiger partial charge is 0.491 e. The van der Waals surface area contributed by atoms with Gasteiger partial charge >= 0.3 is 6.18 Å². The number of amides is 4.